The van der Waals surface area contributed by atoms with Crippen molar-refractivity contribution >= 4 is 22.0 Å². The number of carbonyl (C=O) groups is 2. The van der Waals surface area contributed by atoms with E-state index in [1.54, 1.807) is 43.3 Å². The Bertz CT molecular complexity index is 1640. The Balaban J connectivity index is 1.58. The lowest BCUT2D eigenvalue weighted by molar-refractivity contribution is -0.146. The van der Waals surface area contributed by atoms with Gasteiger partial charge in [-0.1, -0.05) is 90.5 Å². The molecule has 9 heteroatoms. The van der Waals surface area contributed by atoms with Crippen LogP contribution in [-0.4, -0.2) is 42.8 Å². The van der Waals surface area contributed by atoms with Crippen molar-refractivity contribution < 1.29 is 27.5 Å². The molecule has 1 heterocycles. The van der Waals surface area contributed by atoms with Crippen molar-refractivity contribution in [3.05, 3.63) is 131 Å². The lowest BCUT2D eigenvalue weighted by Crippen LogP contribution is -2.42. The van der Waals surface area contributed by atoms with Gasteiger partial charge in [0.2, 0.25) is 0 Å². The second kappa shape index (κ2) is 12.1. The lowest BCUT2D eigenvalue weighted by Gasteiger charge is -2.29. The molecule has 0 spiro atoms. The zero-order chi connectivity index (χ0) is 29.9. The number of nitrogens with zero attached hydrogens (tertiary/aromatic N) is 2. The Morgan fingerprint density at radius 3 is 2.05 bits per heavy atom. The van der Waals surface area contributed by atoms with Crippen LogP contribution in [0.4, 0.5) is 4.79 Å². The molecule has 1 fully saturated rings. The summed E-state index contributed by atoms with van der Waals surface area (Å²) in [6.45, 7) is 3.96. The maximum Gasteiger partial charge on any atom is 0.335 e. The summed E-state index contributed by atoms with van der Waals surface area (Å²) in [5.74, 6) is -0.161. The summed E-state index contributed by atoms with van der Waals surface area (Å²) < 4.78 is 40.2. The Morgan fingerprint density at radius 2 is 1.45 bits per heavy atom. The number of sulfonamides is 1. The molecule has 0 N–H and O–H groups in total. The molecule has 0 aromatic heterocycles. The number of esters is 1. The average Bonchev–Trinajstić information content (AvgIpc) is 3.34. The van der Waals surface area contributed by atoms with Crippen LogP contribution < -0.4 is 4.74 Å². The molecule has 0 aliphatic carbocycles. The summed E-state index contributed by atoms with van der Waals surface area (Å²) in [5.41, 5.74) is 3.06. The number of hydrogen-bond acceptors (Lipinski definition) is 6. The first-order chi connectivity index (χ1) is 20.2. The number of hydrogen-bond donors (Lipinski definition) is 0. The second-order valence-electron chi connectivity index (χ2n) is 10.1. The van der Waals surface area contributed by atoms with Crippen molar-refractivity contribution in [3.63, 3.8) is 0 Å². The van der Waals surface area contributed by atoms with Crippen LogP contribution in [0.5, 0.6) is 5.75 Å². The SMILES string of the molecule is COC(=O)C1C(c2ccc(OCc3ccccc3)cc2)N(S(=O)(=O)c2ccc(C)cc2)C(=O)N1C(C)c1ccccc1. The molecule has 0 saturated carbocycles. The summed E-state index contributed by atoms with van der Waals surface area (Å²) in [6, 6.07) is 28.0. The predicted octanol–water partition coefficient (Wildman–Crippen LogP) is 6.04. The topological polar surface area (TPSA) is 93.2 Å². The normalized spacial score (nSPS) is 17.6. The van der Waals surface area contributed by atoms with Crippen molar-refractivity contribution in [3.8, 4) is 5.75 Å². The van der Waals surface area contributed by atoms with Gasteiger partial charge in [-0.05, 0) is 54.8 Å². The highest BCUT2D eigenvalue weighted by Crippen LogP contribution is 2.44. The first-order valence-corrected chi connectivity index (χ1v) is 15.0. The van der Waals surface area contributed by atoms with E-state index in [9.17, 15) is 18.0 Å². The van der Waals surface area contributed by atoms with Crippen LogP contribution >= 0.6 is 0 Å². The van der Waals surface area contributed by atoms with E-state index >= 15 is 0 Å². The molecule has 216 valence electrons. The first kappa shape index (κ1) is 28.9. The average molecular weight is 585 g/mol. The van der Waals surface area contributed by atoms with Crippen LogP contribution in [0.25, 0.3) is 0 Å². The summed E-state index contributed by atoms with van der Waals surface area (Å²) in [6.07, 6.45) is 0. The highest BCUT2D eigenvalue weighted by atomic mass is 32.2. The van der Waals surface area contributed by atoms with Gasteiger partial charge >= 0.3 is 12.0 Å². The summed E-state index contributed by atoms with van der Waals surface area (Å²) in [4.78, 5) is 28.8. The molecule has 5 rings (SSSR count). The number of carbonyl (C=O) groups excluding carboxylic acids is 2. The Kier molecular flexibility index (Phi) is 8.31. The molecule has 2 amide bonds. The third-order valence-electron chi connectivity index (χ3n) is 7.45. The third-order valence-corrected chi connectivity index (χ3v) is 9.22. The number of benzene rings is 4. The van der Waals surface area contributed by atoms with Crippen molar-refractivity contribution in [1.82, 2.24) is 9.21 Å². The van der Waals surface area contributed by atoms with Crippen molar-refractivity contribution in [1.29, 1.82) is 0 Å². The Morgan fingerprint density at radius 1 is 0.857 bits per heavy atom. The highest BCUT2D eigenvalue weighted by molar-refractivity contribution is 7.89. The van der Waals surface area contributed by atoms with E-state index in [1.807, 2.05) is 67.6 Å². The molecular weight excluding hydrogens is 552 g/mol. The van der Waals surface area contributed by atoms with E-state index in [-0.39, 0.29) is 4.90 Å². The fourth-order valence-corrected chi connectivity index (χ4v) is 6.73. The Hall–Kier alpha value is -4.63. The van der Waals surface area contributed by atoms with Gasteiger partial charge in [0, 0.05) is 0 Å². The molecule has 1 saturated heterocycles. The molecule has 1 aliphatic rings. The maximum absolute atomic E-state index is 14.2. The van der Waals surface area contributed by atoms with Gasteiger partial charge in [0.25, 0.3) is 10.0 Å². The van der Waals surface area contributed by atoms with Crippen molar-refractivity contribution in [2.45, 2.75) is 43.5 Å². The Labute approximate surface area is 246 Å². The number of methoxy groups -OCH3 is 1. The molecule has 3 unspecified atom stereocenters. The van der Waals surface area contributed by atoms with E-state index in [2.05, 4.69) is 0 Å². The zero-order valence-corrected chi connectivity index (χ0v) is 24.4. The van der Waals surface area contributed by atoms with Gasteiger partial charge in [-0.2, -0.15) is 0 Å². The molecule has 1 aliphatic heterocycles. The quantitative estimate of drug-likeness (QED) is 0.223. The van der Waals surface area contributed by atoms with E-state index in [0.29, 0.717) is 17.9 Å². The van der Waals surface area contributed by atoms with Crippen LogP contribution in [0.3, 0.4) is 0 Å². The minimum Gasteiger partial charge on any atom is -0.489 e. The fourth-order valence-electron chi connectivity index (χ4n) is 5.19. The molecular formula is C33H32N2O6S. The van der Waals surface area contributed by atoms with Crippen LogP contribution in [0.15, 0.2) is 114 Å². The lowest BCUT2D eigenvalue weighted by atomic mass is 9.98. The van der Waals surface area contributed by atoms with E-state index < -0.39 is 40.1 Å². The highest BCUT2D eigenvalue weighted by Gasteiger charge is 2.57. The summed E-state index contributed by atoms with van der Waals surface area (Å²) >= 11 is 0. The van der Waals surface area contributed by atoms with Gasteiger partial charge in [-0.25, -0.2) is 22.3 Å². The molecule has 4 aromatic rings. The van der Waals surface area contributed by atoms with Crippen LogP contribution in [0.2, 0.25) is 0 Å². The van der Waals surface area contributed by atoms with Gasteiger partial charge in [0.15, 0.2) is 6.04 Å². The summed E-state index contributed by atoms with van der Waals surface area (Å²) in [5, 5.41) is 0. The number of ether oxygens (including phenoxy) is 2. The molecule has 8 nitrogen and oxygen atoms in total. The molecule has 3 atom stereocenters. The van der Waals surface area contributed by atoms with E-state index in [1.165, 1.54) is 24.1 Å². The maximum atomic E-state index is 14.2. The molecule has 42 heavy (non-hydrogen) atoms. The third kappa shape index (κ3) is 5.60. The molecule has 0 radical (unpaired) electrons. The van der Waals surface area contributed by atoms with E-state index in [0.717, 1.165) is 21.0 Å². The monoisotopic (exact) mass is 584 g/mol. The second-order valence-corrected chi connectivity index (χ2v) is 12.0. The van der Waals surface area contributed by atoms with Gasteiger partial charge < -0.3 is 14.4 Å². The largest absolute Gasteiger partial charge is 0.489 e. The molecule has 0 bridgehead atoms. The van der Waals surface area contributed by atoms with E-state index in [4.69, 9.17) is 9.47 Å². The molecule has 4 aromatic carbocycles. The smallest absolute Gasteiger partial charge is 0.335 e. The fraction of sp³-hybridized carbons (Fsp3) is 0.212. The van der Waals surface area contributed by atoms with Crippen LogP contribution in [0, 0.1) is 6.92 Å². The van der Waals surface area contributed by atoms with Gasteiger partial charge in [0.05, 0.1) is 18.0 Å². The summed E-state index contributed by atoms with van der Waals surface area (Å²) in [7, 11) is -3.15. The number of urea groups is 1. The number of aryl methyl sites for hydroxylation is 1. The zero-order valence-electron chi connectivity index (χ0n) is 23.6. The van der Waals surface area contributed by atoms with Crippen LogP contribution in [-0.2, 0) is 26.2 Å². The first-order valence-electron chi connectivity index (χ1n) is 13.5. The standard InChI is InChI=1S/C33H32N2O6S/c1-23-14-20-29(21-15-23)42(38,39)35-30(27-16-18-28(19-17-27)41-22-25-10-6-4-7-11-25)31(32(36)40-3)34(33(35)37)24(2)26-12-8-5-9-13-26/h4-21,24,30-31H,22H2,1-3H3. The van der Waals surface area contributed by atoms with Crippen molar-refractivity contribution in [2.75, 3.05) is 7.11 Å². The van der Waals surface area contributed by atoms with Crippen molar-refractivity contribution in [2.24, 2.45) is 0 Å². The van der Waals surface area contributed by atoms with Gasteiger partial charge in [-0.3, -0.25) is 0 Å². The minimum atomic E-state index is -4.38. The van der Waals surface area contributed by atoms with Gasteiger partial charge in [0.1, 0.15) is 18.4 Å². The van der Waals surface area contributed by atoms with Gasteiger partial charge in [-0.15, -0.1) is 0 Å². The minimum absolute atomic E-state index is 0.0490. The number of rotatable bonds is 9. The van der Waals surface area contributed by atoms with Crippen LogP contribution in [0.1, 0.15) is 41.3 Å². The number of amides is 2. The predicted molar refractivity (Wildman–Crippen MR) is 158 cm³/mol.